The van der Waals surface area contributed by atoms with E-state index in [9.17, 15) is 10.1 Å². The molecule has 1 aliphatic carbocycles. The predicted molar refractivity (Wildman–Crippen MR) is 62.2 cm³/mol. The van der Waals surface area contributed by atoms with E-state index in [0.29, 0.717) is 24.2 Å². The van der Waals surface area contributed by atoms with Gasteiger partial charge in [0.1, 0.15) is 0 Å². The Balaban J connectivity index is 2.74. The highest BCUT2D eigenvalue weighted by Gasteiger charge is 2.28. The summed E-state index contributed by atoms with van der Waals surface area (Å²) in [6.07, 6.45) is 6.09. The van der Waals surface area contributed by atoms with Crippen molar-refractivity contribution < 1.29 is 14.4 Å². The van der Waals surface area contributed by atoms with Gasteiger partial charge in [-0.3, -0.25) is 10.1 Å². The number of methoxy groups -OCH3 is 2. The van der Waals surface area contributed by atoms with Gasteiger partial charge in [-0.25, -0.2) is 0 Å². The Hall–Kier alpha value is -2.04. The van der Waals surface area contributed by atoms with E-state index in [0.717, 1.165) is 5.56 Å². The lowest BCUT2D eigenvalue weighted by Crippen LogP contribution is -2.05. The molecule has 0 amide bonds. The minimum Gasteiger partial charge on any atom is -0.493 e. The predicted octanol–water partition coefficient (Wildman–Crippen LogP) is 2.37. The van der Waals surface area contributed by atoms with Crippen LogP contribution in [-0.2, 0) is 6.42 Å². The first-order valence-electron chi connectivity index (χ1n) is 5.18. The van der Waals surface area contributed by atoms with E-state index in [4.69, 9.17) is 9.47 Å². The van der Waals surface area contributed by atoms with E-state index < -0.39 is 4.92 Å². The number of hydrogen-bond acceptors (Lipinski definition) is 4. The number of benzene rings is 1. The van der Waals surface area contributed by atoms with Gasteiger partial charge in [0.25, 0.3) is 0 Å². The molecule has 0 heterocycles. The maximum atomic E-state index is 11.2. The number of fused-ring (bicyclic) bond motifs is 1. The number of hydrogen-bond donors (Lipinski definition) is 0. The highest BCUT2D eigenvalue weighted by atomic mass is 16.6. The maximum Gasteiger partial charge on any atom is 0.318 e. The molecule has 0 bridgehead atoms. The van der Waals surface area contributed by atoms with Crippen LogP contribution in [0.4, 0.5) is 5.69 Å². The lowest BCUT2D eigenvalue weighted by molar-refractivity contribution is -0.386. The Kier molecular flexibility index (Phi) is 2.99. The average molecular weight is 234 g/mol. The first-order valence-corrected chi connectivity index (χ1v) is 5.18. The van der Waals surface area contributed by atoms with Crippen molar-refractivity contribution in [2.45, 2.75) is 12.8 Å². The van der Waals surface area contributed by atoms with Crippen LogP contribution < -0.4 is 9.47 Å². The van der Waals surface area contributed by atoms with Crippen LogP contribution in [0.15, 0.2) is 6.07 Å². The summed E-state index contributed by atoms with van der Waals surface area (Å²) >= 11 is 0. The van der Waals surface area contributed by atoms with Crippen LogP contribution in [0.25, 0.3) is 6.08 Å². The molecule has 0 aromatic heterocycles. The van der Waals surface area contributed by atoms with Crippen molar-refractivity contribution in [3.05, 3.63) is 33.4 Å². The molecule has 0 N–H and O–H groups in total. The number of ether oxygens (including phenoxy) is 2. The molecule has 1 aliphatic rings. The quantitative estimate of drug-likeness (QED) is 0.595. The van der Waals surface area contributed by atoms with Gasteiger partial charge >= 0.3 is 5.69 Å². The Morgan fingerprint density at radius 1 is 1.41 bits per heavy atom. The van der Waals surface area contributed by atoms with E-state index >= 15 is 0 Å². The van der Waals surface area contributed by atoms with Crippen molar-refractivity contribution in [3.63, 3.8) is 0 Å². The lowest BCUT2D eigenvalue weighted by atomic mass is 9.95. The minimum absolute atomic E-state index is 0.000370. The van der Waals surface area contributed by atoms with Gasteiger partial charge in [-0.1, -0.05) is 6.08 Å². The number of nitro groups is 1. The molecule has 1 aromatic rings. The molecular formula is C12H12NO4. The topological polar surface area (TPSA) is 61.6 Å². The third kappa shape index (κ3) is 1.84. The van der Waals surface area contributed by atoms with E-state index in [1.807, 2.05) is 0 Å². The number of nitrogens with zero attached hydrogens (tertiary/aromatic N) is 1. The Labute approximate surface area is 98.8 Å². The molecule has 2 rings (SSSR count). The van der Waals surface area contributed by atoms with Gasteiger partial charge in [0, 0.05) is 5.56 Å². The summed E-state index contributed by atoms with van der Waals surface area (Å²) < 4.78 is 10.2. The minimum atomic E-state index is -0.417. The van der Waals surface area contributed by atoms with Crippen molar-refractivity contribution in [2.75, 3.05) is 14.2 Å². The zero-order valence-corrected chi connectivity index (χ0v) is 9.65. The van der Waals surface area contributed by atoms with Crippen molar-refractivity contribution in [3.8, 4) is 11.5 Å². The van der Waals surface area contributed by atoms with Crippen LogP contribution in [0, 0.1) is 16.2 Å². The third-order valence-corrected chi connectivity index (χ3v) is 2.74. The molecule has 0 atom stereocenters. The summed E-state index contributed by atoms with van der Waals surface area (Å²) in [6.45, 7) is 0. The molecular weight excluding hydrogens is 222 g/mol. The summed E-state index contributed by atoms with van der Waals surface area (Å²) in [7, 11) is 2.87. The standard InChI is InChI=1S/C12H12NO4/c1-16-10-7-8-5-3-4-6-9(8)11(13(14)15)12(10)17-2/h5,7H,4,6H2,1-2H3. The second-order valence-corrected chi connectivity index (χ2v) is 3.63. The molecule has 1 aromatic carbocycles. The van der Waals surface area contributed by atoms with Crippen molar-refractivity contribution in [2.24, 2.45) is 0 Å². The highest BCUT2D eigenvalue weighted by Crippen LogP contribution is 2.43. The fourth-order valence-corrected chi connectivity index (χ4v) is 2.00. The van der Waals surface area contributed by atoms with Gasteiger partial charge in [0.15, 0.2) is 5.75 Å². The Morgan fingerprint density at radius 3 is 2.76 bits per heavy atom. The summed E-state index contributed by atoms with van der Waals surface area (Å²) in [5.74, 6) is 0.560. The molecule has 0 fully saturated rings. The molecule has 0 saturated carbocycles. The maximum absolute atomic E-state index is 11.2. The van der Waals surface area contributed by atoms with Crippen molar-refractivity contribution in [1.29, 1.82) is 0 Å². The fraction of sp³-hybridized carbons (Fsp3) is 0.333. The lowest BCUT2D eigenvalue weighted by Gasteiger charge is -2.15. The second-order valence-electron chi connectivity index (χ2n) is 3.63. The molecule has 89 valence electrons. The van der Waals surface area contributed by atoms with Crippen LogP contribution in [-0.4, -0.2) is 19.1 Å². The molecule has 0 aliphatic heterocycles. The summed E-state index contributed by atoms with van der Waals surface area (Å²) in [6, 6.07) is 1.74. The number of rotatable bonds is 3. The largest absolute Gasteiger partial charge is 0.493 e. The third-order valence-electron chi connectivity index (χ3n) is 2.74. The zero-order valence-electron chi connectivity index (χ0n) is 9.65. The zero-order chi connectivity index (χ0) is 12.4. The summed E-state index contributed by atoms with van der Waals surface area (Å²) in [5.41, 5.74) is 1.46. The van der Waals surface area contributed by atoms with Gasteiger partial charge in [-0.15, -0.1) is 0 Å². The monoisotopic (exact) mass is 234 g/mol. The first kappa shape index (κ1) is 11.4. The van der Waals surface area contributed by atoms with Crippen molar-refractivity contribution >= 4 is 11.8 Å². The molecule has 17 heavy (non-hydrogen) atoms. The molecule has 0 saturated heterocycles. The number of allylic oxidation sites excluding steroid dienone is 1. The van der Waals surface area contributed by atoms with Gasteiger partial charge in [-0.2, -0.15) is 0 Å². The smallest absolute Gasteiger partial charge is 0.318 e. The van der Waals surface area contributed by atoms with E-state index in [-0.39, 0.29) is 11.4 Å². The average Bonchev–Trinajstić information content (AvgIpc) is 2.35. The molecule has 5 nitrogen and oxygen atoms in total. The highest BCUT2D eigenvalue weighted by molar-refractivity contribution is 5.71. The van der Waals surface area contributed by atoms with E-state index in [2.05, 4.69) is 6.08 Å². The van der Waals surface area contributed by atoms with Crippen LogP contribution >= 0.6 is 0 Å². The Bertz CT molecular complexity index is 494. The van der Waals surface area contributed by atoms with Gasteiger partial charge in [0.05, 0.1) is 19.1 Å². The molecule has 5 heteroatoms. The normalized spacial score (nSPS) is 13.1. The van der Waals surface area contributed by atoms with E-state index in [1.54, 1.807) is 12.1 Å². The molecule has 0 spiro atoms. The summed E-state index contributed by atoms with van der Waals surface area (Å²) in [5, 5.41) is 11.2. The second kappa shape index (κ2) is 4.45. The number of nitro benzene ring substituents is 1. The first-order chi connectivity index (χ1) is 8.19. The Morgan fingerprint density at radius 2 is 2.18 bits per heavy atom. The van der Waals surface area contributed by atoms with Gasteiger partial charge in [0.2, 0.25) is 5.75 Å². The van der Waals surface area contributed by atoms with E-state index in [1.165, 1.54) is 14.2 Å². The van der Waals surface area contributed by atoms with Crippen LogP contribution in [0.5, 0.6) is 11.5 Å². The fourth-order valence-electron chi connectivity index (χ4n) is 2.00. The molecule has 0 unspecified atom stereocenters. The SMILES string of the molecule is COc1cc2c(c([N+](=O)[O-])c1OC)CC[C]=C2. The summed E-state index contributed by atoms with van der Waals surface area (Å²) in [4.78, 5) is 10.7. The van der Waals surface area contributed by atoms with Crippen LogP contribution in [0.1, 0.15) is 17.5 Å². The van der Waals surface area contributed by atoms with Gasteiger partial charge in [-0.05, 0) is 30.5 Å². The van der Waals surface area contributed by atoms with Crippen LogP contribution in [0.3, 0.4) is 0 Å². The van der Waals surface area contributed by atoms with Crippen molar-refractivity contribution in [1.82, 2.24) is 0 Å². The van der Waals surface area contributed by atoms with Crippen LogP contribution in [0.2, 0.25) is 0 Å². The molecule has 1 radical (unpaired) electrons. The van der Waals surface area contributed by atoms with Gasteiger partial charge < -0.3 is 9.47 Å².